The van der Waals surface area contributed by atoms with E-state index in [0.29, 0.717) is 32.5 Å². The number of fused-ring (bicyclic) bond motifs is 1. The molecule has 6 rings (SSSR count). The molecule has 2 fully saturated rings. The third-order valence-electron chi connectivity index (χ3n) is 8.72. The van der Waals surface area contributed by atoms with Crippen molar-refractivity contribution < 1.29 is 18.8 Å². The molecule has 4 aromatic rings. The Bertz CT molecular complexity index is 1580. The Morgan fingerprint density at radius 1 is 1.12 bits per heavy atom. The molecule has 11 heteroatoms. The van der Waals surface area contributed by atoms with Crippen LogP contribution in [0.4, 0.5) is 0 Å². The molecule has 4 heterocycles. The summed E-state index contributed by atoms with van der Waals surface area (Å²) >= 11 is 0. The first-order chi connectivity index (χ1) is 20.3. The third-order valence-corrected chi connectivity index (χ3v) is 8.72. The van der Waals surface area contributed by atoms with Crippen LogP contribution in [0.2, 0.25) is 0 Å². The number of nitrogens with one attached hydrogen (secondary N) is 2. The van der Waals surface area contributed by atoms with Crippen LogP contribution in [0.15, 0.2) is 47.0 Å². The zero-order valence-electron chi connectivity index (χ0n) is 24.5. The molecule has 2 amide bonds. The maximum Gasteiger partial charge on any atom is 0.243 e. The average molecular weight is 572 g/mol. The maximum atomic E-state index is 14.0. The molecule has 2 aromatic carbocycles. The number of rotatable bonds is 8. The van der Waals surface area contributed by atoms with Crippen molar-refractivity contribution in [2.24, 2.45) is 13.0 Å². The number of carbonyl (C=O) groups is 2. The molecule has 11 nitrogen and oxygen atoms in total. The molecule has 2 N–H and O–H groups in total. The minimum atomic E-state index is -0.541. The highest BCUT2D eigenvalue weighted by Crippen LogP contribution is 2.34. The number of hydrogen-bond acceptors (Lipinski definition) is 8. The molecule has 0 radical (unpaired) electrons. The topological polar surface area (TPSA) is 127 Å². The van der Waals surface area contributed by atoms with Crippen molar-refractivity contribution in [2.75, 3.05) is 20.2 Å². The van der Waals surface area contributed by atoms with Crippen LogP contribution in [0.5, 0.6) is 5.75 Å². The number of amides is 2. The Hall–Kier alpha value is -4.25. The van der Waals surface area contributed by atoms with Gasteiger partial charge in [0.25, 0.3) is 0 Å². The Morgan fingerprint density at radius 2 is 1.90 bits per heavy atom. The summed E-state index contributed by atoms with van der Waals surface area (Å²) in [5.41, 5.74) is 5.74. The normalized spacial score (nSPS) is 22.1. The fourth-order valence-corrected chi connectivity index (χ4v) is 6.58. The predicted molar refractivity (Wildman–Crippen MR) is 156 cm³/mol. The summed E-state index contributed by atoms with van der Waals surface area (Å²) in [5.74, 6) is 1.74. The third kappa shape index (κ3) is 5.48. The Morgan fingerprint density at radius 3 is 2.64 bits per heavy atom. The highest BCUT2D eigenvalue weighted by molar-refractivity contribution is 5.91. The number of methoxy groups -OCH3 is 1. The van der Waals surface area contributed by atoms with Gasteiger partial charge in [0.2, 0.25) is 11.8 Å². The summed E-state index contributed by atoms with van der Waals surface area (Å²) in [4.78, 5) is 29.4. The molecule has 0 saturated carbocycles. The van der Waals surface area contributed by atoms with E-state index in [1.54, 1.807) is 16.7 Å². The minimum Gasteiger partial charge on any atom is -0.497 e. The minimum absolute atomic E-state index is 0.0254. The average Bonchev–Trinajstić information content (AvgIpc) is 3.79. The second-order valence-corrected chi connectivity index (χ2v) is 11.5. The molecule has 2 saturated heterocycles. The van der Waals surface area contributed by atoms with Crippen molar-refractivity contribution in [1.82, 2.24) is 35.7 Å². The molecule has 2 aromatic heterocycles. The number of aromatic nitrogens is 4. The maximum absolute atomic E-state index is 14.0. The van der Waals surface area contributed by atoms with Gasteiger partial charge in [0.15, 0.2) is 0 Å². The lowest BCUT2D eigenvalue weighted by Crippen LogP contribution is -2.51. The summed E-state index contributed by atoms with van der Waals surface area (Å²) in [5, 5.41) is 18.8. The van der Waals surface area contributed by atoms with E-state index >= 15 is 0 Å². The highest BCUT2D eigenvalue weighted by Gasteiger charge is 2.43. The van der Waals surface area contributed by atoms with Gasteiger partial charge in [-0.25, -0.2) is 4.68 Å². The standard InChI is InChI=1S/C31H37N7O4/c1-18-29(19(2)42-35-18)23-14-26(32-16-23)31(40)38-17-22(11-20-5-8-24(41-4)9-6-20)13-28(38)30(39)33-15-21-7-10-27-25(12-21)34-36-37(27)3/h5-10,12,22-23,26,28,32H,11,13-17H2,1-4H3,(H,33,39). The van der Waals surface area contributed by atoms with Crippen LogP contribution in [0, 0.1) is 19.8 Å². The lowest BCUT2D eigenvalue weighted by molar-refractivity contribution is -0.139. The lowest BCUT2D eigenvalue weighted by Gasteiger charge is -2.27. The van der Waals surface area contributed by atoms with E-state index in [0.717, 1.165) is 51.3 Å². The summed E-state index contributed by atoms with van der Waals surface area (Å²) in [6, 6.07) is 12.9. The van der Waals surface area contributed by atoms with Crippen molar-refractivity contribution in [3.8, 4) is 5.75 Å². The van der Waals surface area contributed by atoms with Crippen LogP contribution in [0.25, 0.3) is 11.0 Å². The first kappa shape index (κ1) is 27.9. The number of ether oxygens (including phenoxy) is 1. The van der Waals surface area contributed by atoms with Crippen molar-refractivity contribution in [3.05, 3.63) is 70.6 Å². The molecular formula is C31H37N7O4. The second-order valence-electron chi connectivity index (χ2n) is 11.5. The van der Waals surface area contributed by atoms with Gasteiger partial charge in [0, 0.05) is 38.2 Å². The summed E-state index contributed by atoms with van der Waals surface area (Å²) < 4.78 is 12.4. The molecule has 0 bridgehead atoms. The molecule has 0 spiro atoms. The predicted octanol–water partition coefficient (Wildman–Crippen LogP) is 2.80. The fraction of sp³-hybridized carbons (Fsp3) is 0.452. The summed E-state index contributed by atoms with van der Waals surface area (Å²) in [6.45, 7) is 5.40. The first-order valence-electron chi connectivity index (χ1n) is 14.5. The van der Waals surface area contributed by atoms with E-state index < -0.39 is 6.04 Å². The Kier molecular flexibility index (Phi) is 7.68. The second kappa shape index (κ2) is 11.6. The number of nitrogens with zero attached hydrogens (tertiary/aromatic N) is 5. The van der Waals surface area contributed by atoms with Gasteiger partial charge < -0.3 is 24.8 Å². The van der Waals surface area contributed by atoms with Gasteiger partial charge in [0.05, 0.1) is 24.4 Å². The molecular weight excluding hydrogens is 534 g/mol. The number of benzene rings is 2. The Balaban J connectivity index is 1.17. The van der Waals surface area contributed by atoms with Gasteiger partial charge in [-0.3, -0.25) is 9.59 Å². The molecule has 0 aliphatic carbocycles. The van der Waals surface area contributed by atoms with Crippen molar-refractivity contribution in [3.63, 3.8) is 0 Å². The Labute approximate surface area is 244 Å². The first-order valence-corrected chi connectivity index (χ1v) is 14.5. The summed E-state index contributed by atoms with van der Waals surface area (Å²) in [6.07, 6.45) is 2.03. The van der Waals surface area contributed by atoms with Crippen LogP contribution < -0.4 is 15.4 Å². The van der Waals surface area contributed by atoms with Gasteiger partial charge >= 0.3 is 0 Å². The van der Waals surface area contributed by atoms with E-state index in [-0.39, 0.29) is 29.7 Å². The summed E-state index contributed by atoms with van der Waals surface area (Å²) in [7, 11) is 3.50. The van der Waals surface area contributed by atoms with E-state index in [1.165, 1.54) is 0 Å². The number of hydrogen-bond donors (Lipinski definition) is 2. The quantitative estimate of drug-likeness (QED) is 0.331. The fourth-order valence-electron chi connectivity index (χ4n) is 6.58. The van der Waals surface area contributed by atoms with Crippen LogP contribution in [-0.4, -0.2) is 69.1 Å². The van der Waals surface area contributed by atoms with E-state index in [4.69, 9.17) is 9.26 Å². The van der Waals surface area contributed by atoms with Crippen molar-refractivity contribution >= 4 is 22.8 Å². The SMILES string of the molecule is COc1ccc(CC2CC(C(=O)NCc3ccc4c(c3)nnn4C)N(C(=O)C3CC(c4c(C)noc4C)CN3)C2)cc1. The lowest BCUT2D eigenvalue weighted by atomic mass is 9.94. The van der Waals surface area contributed by atoms with Gasteiger partial charge in [-0.2, -0.15) is 0 Å². The molecule has 2 aliphatic heterocycles. The zero-order chi connectivity index (χ0) is 29.4. The zero-order valence-corrected chi connectivity index (χ0v) is 24.5. The molecule has 2 aliphatic rings. The van der Waals surface area contributed by atoms with Crippen LogP contribution >= 0.6 is 0 Å². The molecule has 4 unspecified atom stereocenters. The van der Waals surface area contributed by atoms with Crippen LogP contribution in [0.1, 0.15) is 46.9 Å². The van der Waals surface area contributed by atoms with Crippen molar-refractivity contribution in [2.45, 2.75) is 57.7 Å². The number of carbonyl (C=O) groups excluding carboxylic acids is 2. The van der Waals surface area contributed by atoms with Crippen LogP contribution in [-0.2, 0) is 29.6 Å². The van der Waals surface area contributed by atoms with Gasteiger partial charge in [-0.1, -0.05) is 28.6 Å². The number of aryl methyl sites for hydroxylation is 3. The monoisotopic (exact) mass is 571 g/mol. The van der Waals surface area contributed by atoms with E-state index in [2.05, 4.69) is 26.1 Å². The smallest absolute Gasteiger partial charge is 0.243 e. The van der Waals surface area contributed by atoms with E-state index in [9.17, 15) is 9.59 Å². The molecule has 4 atom stereocenters. The van der Waals surface area contributed by atoms with Crippen molar-refractivity contribution in [1.29, 1.82) is 0 Å². The van der Waals surface area contributed by atoms with Gasteiger partial charge in [0.1, 0.15) is 23.1 Å². The van der Waals surface area contributed by atoms with Gasteiger partial charge in [-0.05, 0) is 74.4 Å². The largest absolute Gasteiger partial charge is 0.497 e. The molecule has 42 heavy (non-hydrogen) atoms. The van der Waals surface area contributed by atoms with E-state index in [1.807, 2.05) is 63.4 Å². The highest BCUT2D eigenvalue weighted by atomic mass is 16.5. The number of likely N-dealkylation sites (tertiary alicyclic amines) is 1. The van der Waals surface area contributed by atoms with Gasteiger partial charge in [-0.15, -0.1) is 5.10 Å². The van der Waals surface area contributed by atoms with Crippen LogP contribution in [0.3, 0.4) is 0 Å². The molecule has 220 valence electrons.